The average molecular weight is 378 g/mol. The van der Waals surface area contributed by atoms with Crippen molar-refractivity contribution in [2.45, 2.75) is 13.8 Å². The van der Waals surface area contributed by atoms with Gasteiger partial charge in [-0.2, -0.15) is 0 Å². The Bertz CT molecular complexity index is 946. The lowest BCUT2D eigenvalue weighted by Crippen LogP contribution is -2.15. The summed E-state index contributed by atoms with van der Waals surface area (Å²) in [5, 5.41) is 5.92. The number of hydrogen-bond donors (Lipinski definition) is 2. The van der Waals surface area contributed by atoms with Crippen molar-refractivity contribution in [2.24, 2.45) is 0 Å². The number of amides is 1. The summed E-state index contributed by atoms with van der Waals surface area (Å²) < 4.78 is 11.1. The average Bonchev–Trinajstić information content (AvgIpc) is 2.71. The Kier molecular flexibility index (Phi) is 6.41. The van der Waals surface area contributed by atoms with E-state index in [1.54, 1.807) is 18.2 Å². The molecule has 0 radical (unpaired) electrons. The standard InChI is InChI=1S/C21H22N4O3/c1-3-27-18-11-7-5-9-15(18)23-20(26)17-13-14-22-21(25-17)24-16-10-6-8-12-19(16)28-4-2/h5-14H,3-4H2,1-2H3,(H,23,26)(H,22,24,25). The second-order valence-corrected chi connectivity index (χ2v) is 5.70. The molecule has 0 bridgehead atoms. The van der Waals surface area contributed by atoms with Crippen LogP contribution >= 0.6 is 0 Å². The van der Waals surface area contributed by atoms with Crippen LogP contribution in [0.3, 0.4) is 0 Å². The van der Waals surface area contributed by atoms with Crippen molar-refractivity contribution >= 4 is 23.2 Å². The molecule has 2 N–H and O–H groups in total. The van der Waals surface area contributed by atoms with Crippen LogP contribution in [0.2, 0.25) is 0 Å². The van der Waals surface area contributed by atoms with Crippen LogP contribution in [0.5, 0.6) is 11.5 Å². The van der Waals surface area contributed by atoms with Crippen molar-refractivity contribution in [1.29, 1.82) is 0 Å². The second-order valence-electron chi connectivity index (χ2n) is 5.70. The molecule has 0 saturated carbocycles. The van der Waals surface area contributed by atoms with Gasteiger partial charge in [0.1, 0.15) is 17.2 Å². The van der Waals surface area contributed by atoms with Gasteiger partial charge >= 0.3 is 0 Å². The highest BCUT2D eigenvalue weighted by Crippen LogP contribution is 2.26. The monoisotopic (exact) mass is 378 g/mol. The summed E-state index contributed by atoms with van der Waals surface area (Å²) in [5.41, 5.74) is 1.55. The van der Waals surface area contributed by atoms with Gasteiger partial charge in [-0.1, -0.05) is 24.3 Å². The van der Waals surface area contributed by atoms with Gasteiger partial charge in [-0.15, -0.1) is 0 Å². The third-order valence-electron chi connectivity index (χ3n) is 3.76. The predicted molar refractivity (Wildman–Crippen MR) is 108 cm³/mol. The van der Waals surface area contributed by atoms with Crippen LogP contribution in [0.15, 0.2) is 60.8 Å². The van der Waals surface area contributed by atoms with Gasteiger partial charge in [-0.3, -0.25) is 4.79 Å². The zero-order valence-electron chi connectivity index (χ0n) is 15.8. The topological polar surface area (TPSA) is 85.4 Å². The zero-order chi connectivity index (χ0) is 19.8. The fourth-order valence-corrected chi connectivity index (χ4v) is 2.55. The maximum atomic E-state index is 12.6. The molecule has 0 aliphatic carbocycles. The lowest BCUT2D eigenvalue weighted by Gasteiger charge is -2.12. The van der Waals surface area contributed by atoms with Gasteiger partial charge in [-0.25, -0.2) is 9.97 Å². The number of hydrogen-bond acceptors (Lipinski definition) is 6. The van der Waals surface area contributed by atoms with E-state index in [2.05, 4.69) is 20.6 Å². The summed E-state index contributed by atoms with van der Waals surface area (Å²) in [7, 11) is 0. The molecule has 7 heteroatoms. The van der Waals surface area contributed by atoms with Crippen LogP contribution < -0.4 is 20.1 Å². The Morgan fingerprint density at radius 2 is 1.50 bits per heavy atom. The minimum Gasteiger partial charge on any atom is -0.492 e. The predicted octanol–water partition coefficient (Wildman–Crippen LogP) is 4.27. The summed E-state index contributed by atoms with van der Waals surface area (Å²) in [6.07, 6.45) is 1.53. The van der Waals surface area contributed by atoms with Crippen molar-refractivity contribution in [3.63, 3.8) is 0 Å². The summed E-state index contributed by atoms with van der Waals surface area (Å²) in [6.45, 7) is 4.86. The number of carbonyl (C=O) groups is 1. The van der Waals surface area contributed by atoms with E-state index < -0.39 is 0 Å². The number of anilines is 3. The van der Waals surface area contributed by atoms with Gasteiger partial charge in [0, 0.05) is 6.20 Å². The van der Waals surface area contributed by atoms with Gasteiger partial charge in [0.25, 0.3) is 5.91 Å². The fourth-order valence-electron chi connectivity index (χ4n) is 2.55. The molecular formula is C21H22N4O3. The molecule has 144 valence electrons. The molecule has 7 nitrogen and oxygen atoms in total. The van der Waals surface area contributed by atoms with Crippen LogP contribution in [-0.4, -0.2) is 29.1 Å². The molecule has 28 heavy (non-hydrogen) atoms. The van der Waals surface area contributed by atoms with Gasteiger partial charge in [-0.05, 0) is 44.2 Å². The molecule has 0 unspecified atom stereocenters. The summed E-state index contributed by atoms with van der Waals surface area (Å²) in [4.78, 5) is 21.1. The van der Waals surface area contributed by atoms with Crippen LogP contribution in [0.1, 0.15) is 24.3 Å². The van der Waals surface area contributed by atoms with Crippen LogP contribution in [0, 0.1) is 0 Å². The van der Waals surface area contributed by atoms with E-state index in [0.717, 1.165) is 5.69 Å². The van der Waals surface area contributed by atoms with E-state index in [0.29, 0.717) is 36.3 Å². The molecule has 1 amide bonds. The zero-order valence-corrected chi connectivity index (χ0v) is 15.8. The molecule has 3 aromatic rings. The van der Waals surface area contributed by atoms with E-state index in [4.69, 9.17) is 9.47 Å². The first-order chi connectivity index (χ1) is 13.7. The maximum absolute atomic E-state index is 12.6. The number of carbonyl (C=O) groups excluding carboxylic acids is 1. The molecule has 1 aromatic heterocycles. The number of nitrogens with zero attached hydrogens (tertiary/aromatic N) is 2. The molecule has 0 atom stereocenters. The van der Waals surface area contributed by atoms with Gasteiger partial charge < -0.3 is 20.1 Å². The molecule has 0 spiro atoms. The first-order valence-corrected chi connectivity index (χ1v) is 9.06. The minimum absolute atomic E-state index is 0.234. The molecular weight excluding hydrogens is 356 g/mol. The van der Waals surface area contributed by atoms with Crippen LogP contribution in [0.4, 0.5) is 17.3 Å². The minimum atomic E-state index is -0.351. The number of rotatable bonds is 8. The van der Waals surface area contributed by atoms with Crippen molar-refractivity contribution in [3.05, 3.63) is 66.5 Å². The Hall–Kier alpha value is -3.61. The van der Waals surface area contributed by atoms with Crippen molar-refractivity contribution in [3.8, 4) is 11.5 Å². The van der Waals surface area contributed by atoms with E-state index in [1.807, 2.05) is 50.2 Å². The summed E-state index contributed by atoms with van der Waals surface area (Å²) in [6, 6.07) is 16.3. The highest BCUT2D eigenvalue weighted by atomic mass is 16.5. The Morgan fingerprint density at radius 3 is 2.18 bits per heavy atom. The number of ether oxygens (including phenoxy) is 2. The van der Waals surface area contributed by atoms with Crippen LogP contribution in [0.25, 0.3) is 0 Å². The number of benzene rings is 2. The van der Waals surface area contributed by atoms with E-state index in [-0.39, 0.29) is 11.6 Å². The normalized spacial score (nSPS) is 10.2. The third-order valence-corrected chi connectivity index (χ3v) is 3.76. The Labute approximate surface area is 163 Å². The highest BCUT2D eigenvalue weighted by molar-refractivity contribution is 6.03. The Morgan fingerprint density at radius 1 is 0.893 bits per heavy atom. The Balaban J connectivity index is 1.77. The molecule has 0 fully saturated rings. The smallest absolute Gasteiger partial charge is 0.274 e. The van der Waals surface area contributed by atoms with Crippen LogP contribution in [-0.2, 0) is 0 Å². The molecule has 0 aliphatic rings. The lowest BCUT2D eigenvalue weighted by molar-refractivity contribution is 0.102. The van der Waals surface area contributed by atoms with Gasteiger partial charge in [0.15, 0.2) is 0 Å². The van der Waals surface area contributed by atoms with Gasteiger partial charge in [0.2, 0.25) is 5.95 Å². The molecule has 0 aliphatic heterocycles. The van der Waals surface area contributed by atoms with Crippen molar-refractivity contribution in [1.82, 2.24) is 9.97 Å². The number of para-hydroxylation sites is 4. The van der Waals surface area contributed by atoms with E-state index >= 15 is 0 Å². The largest absolute Gasteiger partial charge is 0.492 e. The van der Waals surface area contributed by atoms with E-state index in [1.165, 1.54) is 6.20 Å². The molecule has 3 rings (SSSR count). The highest BCUT2D eigenvalue weighted by Gasteiger charge is 2.13. The van der Waals surface area contributed by atoms with Crippen molar-refractivity contribution < 1.29 is 14.3 Å². The second kappa shape index (κ2) is 9.36. The molecule has 1 heterocycles. The number of nitrogens with one attached hydrogen (secondary N) is 2. The first-order valence-electron chi connectivity index (χ1n) is 9.06. The number of aromatic nitrogens is 2. The fraction of sp³-hybridized carbons (Fsp3) is 0.190. The third kappa shape index (κ3) is 4.76. The summed E-state index contributed by atoms with van der Waals surface area (Å²) >= 11 is 0. The summed E-state index contributed by atoms with van der Waals surface area (Å²) in [5.74, 6) is 1.25. The first kappa shape index (κ1) is 19.2. The lowest BCUT2D eigenvalue weighted by atomic mass is 10.2. The SMILES string of the molecule is CCOc1ccccc1NC(=O)c1ccnc(Nc2ccccc2OCC)n1. The molecule has 0 saturated heterocycles. The van der Waals surface area contributed by atoms with Gasteiger partial charge in [0.05, 0.1) is 24.6 Å². The molecule has 2 aromatic carbocycles. The van der Waals surface area contributed by atoms with Crippen molar-refractivity contribution in [2.75, 3.05) is 23.8 Å². The van der Waals surface area contributed by atoms with E-state index in [9.17, 15) is 4.79 Å². The quantitative estimate of drug-likeness (QED) is 0.609. The maximum Gasteiger partial charge on any atom is 0.274 e.